The Morgan fingerprint density at radius 1 is 1.14 bits per heavy atom. The minimum absolute atomic E-state index is 0.0850. The smallest absolute Gasteiger partial charge is 0.336 e. The lowest BCUT2D eigenvalue weighted by molar-refractivity contribution is 0.0699. The van der Waals surface area contributed by atoms with E-state index in [2.05, 4.69) is 4.98 Å². The number of nitrogens with zero attached hydrogens (tertiary/aromatic N) is 1. The SMILES string of the molecule is O=C(O)c1cc(-c2cccc(F)c2)nc2ccc(Cl)cc12. The molecule has 0 aliphatic rings. The number of rotatable bonds is 2. The van der Waals surface area contributed by atoms with Gasteiger partial charge in [-0.2, -0.15) is 0 Å². The molecule has 1 aromatic heterocycles. The van der Waals surface area contributed by atoms with Gasteiger partial charge in [-0.3, -0.25) is 0 Å². The van der Waals surface area contributed by atoms with Gasteiger partial charge in [0.2, 0.25) is 0 Å². The Hall–Kier alpha value is -2.46. The molecule has 0 atom stereocenters. The summed E-state index contributed by atoms with van der Waals surface area (Å²) in [6, 6.07) is 12.1. The van der Waals surface area contributed by atoms with Crippen LogP contribution >= 0.6 is 11.6 Å². The molecular formula is C16H9ClFNO2. The van der Waals surface area contributed by atoms with Crippen LogP contribution in [0.3, 0.4) is 0 Å². The highest BCUT2D eigenvalue weighted by Gasteiger charge is 2.13. The third-order valence-corrected chi connectivity index (χ3v) is 3.36. The molecule has 3 nitrogen and oxygen atoms in total. The van der Waals surface area contributed by atoms with E-state index in [4.69, 9.17) is 11.6 Å². The lowest BCUT2D eigenvalue weighted by atomic mass is 10.0. The third-order valence-electron chi connectivity index (χ3n) is 3.12. The maximum atomic E-state index is 13.3. The standard InChI is InChI=1S/C16H9ClFNO2/c17-10-4-5-14-12(7-10)13(16(20)21)8-15(19-14)9-2-1-3-11(18)6-9/h1-8H,(H,20,21). The molecule has 0 amide bonds. The van der Waals surface area contributed by atoms with E-state index in [1.807, 2.05) is 0 Å². The fraction of sp³-hybridized carbons (Fsp3) is 0. The largest absolute Gasteiger partial charge is 0.478 e. The summed E-state index contributed by atoms with van der Waals surface area (Å²) in [5, 5.41) is 10.2. The van der Waals surface area contributed by atoms with Crippen molar-refractivity contribution in [2.24, 2.45) is 0 Å². The normalized spacial score (nSPS) is 10.8. The molecule has 0 radical (unpaired) electrons. The Bertz CT molecular complexity index is 864. The van der Waals surface area contributed by atoms with Crippen LogP contribution in [0.25, 0.3) is 22.2 Å². The molecule has 0 saturated heterocycles. The number of hydrogen-bond acceptors (Lipinski definition) is 2. The maximum Gasteiger partial charge on any atom is 0.336 e. The van der Waals surface area contributed by atoms with Gasteiger partial charge in [-0.25, -0.2) is 14.2 Å². The van der Waals surface area contributed by atoms with Crippen LogP contribution < -0.4 is 0 Å². The highest BCUT2D eigenvalue weighted by Crippen LogP contribution is 2.27. The number of carboxylic acid groups (broad SMARTS) is 1. The Morgan fingerprint density at radius 3 is 2.67 bits per heavy atom. The predicted octanol–water partition coefficient (Wildman–Crippen LogP) is 4.39. The fourth-order valence-corrected chi connectivity index (χ4v) is 2.34. The minimum Gasteiger partial charge on any atom is -0.478 e. The predicted molar refractivity (Wildman–Crippen MR) is 79.1 cm³/mol. The molecule has 0 spiro atoms. The summed E-state index contributed by atoms with van der Waals surface area (Å²) in [5.41, 5.74) is 1.51. The fourth-order valence-electron chi connectivity index (χ4n) is 2.17. The molecule has 0 unspecified atom stereocenters. The van der Waals surface area contributed by atoms with Gasteiger partial charge in [-0.05, 0) is 36.4 Å². The quantitative estimate of drug-likeness (QED) is 0.763. The Balaban J connectivity index is 2.31. The first-order chi connectivity index (χ1) is 10.0. The number of carbonyl (C=O) groups is 1. The first kappa shape index (κ1) is 13.5. The molecule has 1 heterocycles. The summed E-state index contributed by atoms with van der Waals surface area (Å²) in [6.45, 7) is 0. The summed E-state index contributed by atoms with van der Waals surface area (Å²) >= 11 is 5.90. The van der Waals surface area contributed by atoms with E-state index in [-0.39, 0.29) is 5.56 Å². The zero-order chi connectivity index (χ0) is 15.0. The molecule has 0 aliphatic carbocycles. The Labute approximate surface area is 124 Å². The third kappa shape index (κ3) is 2.58. The molecule has 0 saturated carbocycles. The first-order valence-corrected chi connectivity index (χ1v) is 6.52. The van der Waals surface area contributed by atoms with Gasteiger partial charge < -0.3 is 5.11 Å². The molecule has 104 valence electrons. The van der Waals surface area contributed by atoms with E-state index in [0.29, 0.717) is 27.2 Å². The van der Waals surface area contributed by atoms with Gasteiger partial charge in [0, 0.05) is 16.0 Å². The van der Waals surface area contributed by atoms with E-state index >= 15 is 0 Å². The second-order valence-electron chi connectivity index (χ2n) is 4.53. The van der Waals surface area contributed by atoms with E-state index in [1.54, 1.807) is 30.3 Å². The number of hydrogen-bond donors (Lipinski definition) is 1. The van der Waals surface area contributed by atoms with Crippen molar-refractivity contribution in [2.45, 2.75) is 0 Å². The van der Waals surface area contributed by atoms with E-state index in [0.717, 1.165) is 0 Å². The lowest BCUT2D eigenvalue weighted by Crippen LogP contribution is -2.00. The van der Waals surface area contributed by atoms with Gasteiger partial charge in [-0.15, -0.1) is 0 Å². The van der Waals surface area contributed by atoms with Gasteiger partial charge in [0.1, 0.15) is 5.82 Å². The average Bonchev–Trinajstić information content (AvgIpc) is 2.46. The molecule has 3 rings (SSSR count). The highest BCUT2D eigenvalue weighted by molar-refractivity contribution is 6.31. The van der Waals surface area contributed by atoms with Crippen molar-refractivity contribution in [3.05, 3.63) is 64.9 Å². The van der Waals surface area contributed by atoms with Crippen LogP contribution in [-0.4, -0.2) is 16.1 Å². The average molecular weight is 302 g/mol. The first-order valence-electron chi connectivity index (χ1n) is 6.14. The monoisotopic (exact) mass is 301 g/mol. The van der Waals surface area contributed by atoms with Crippen molar-refractivity contribution >= 4 is 28.5 Å². The summed E-state index contributed by atoms with van der Waals surface area (Å²) in [6.07, 6.45) is 0. The molecule has 0 bridgehead atoms. The van der Waals surface area contributed by atoms with Crippen LogP contribution in [0.4, 0.5) is 4.39 Å². The zero-order valence-electron chi connectivity index (χ0n) is 10.7. The van der Waals surface area contributed by atoms with E-state index < -0.39 is 11.8 Å². The van der Waals surface area contributed by atoms with Crippen molar-refractivity contribution in [3.63, 3.8) is 0 Å². The molecule has 21 heavy (non-hydrogen) atoms. The van der Waals surface area contributed by atoms with Gasteiger partial charge in [0.15, 0.2) is 0 Å². The Morgan fingerprint density at radius 2 is 1.95 bits per heavy atom. The van der Waals surface area contributed by atoms with Gasteiger partial charge in [0.25, 0.3) is 0 Å². The van der Waals surface area contributed by atoms with Crippen LogP contribution in [-0.2, 0) is 0 Å². The Kier molecular flexibility index (Phi) is 3.31. The molecule has 2 aromatic carbocycles. The van der Waals surface area contributed by atoms with Crippen molar-refractivity contribution in [1.29, 1.82) is 0 Å². The summed E-state index contributed by atoms with van der Waals surface area (Å²) < 4.78 is 13.3. The number of halogens is 2. The molecular weight excluding hydrogens is 293 g/mol. The molecule has 0 fully saturated rings. The summed E-state index contributed by atoms with van der Waals surface area (Å²) in [4.78, 5) is 15.8. The van der Waals surface area contributed by atoms with Gasteiger partial charge >= 0.3 is 5.97 Å². The summed E-state index contributed by atoms with van der Waals surface area (Å²) in [7, 11) is 0. The van der Waals surface area contributed by atoms with Crippen LogP contribution in [0.5, 0.6) is 0 Å². The van der Waals surface area contributed by atoms with Gasteiger partial charge in [-0.1, -0.05) is 23.7 Å². The lowest BCUT2D eigenvalue weighted by Gasteiger charge is -2.07. The van der Waals surface area contributed by atoms with E-state index in [9.17, 15) is 14.3 Å². The van der Waals surface area contributed by atoms with Crippen molar-refractivity contribution in [3.8, 4) is 11.3 Å². The number of pyridine rings is 1. The van der Waals surface area contributed by atoms with Crippen molar-refractivity contribution in [1.82, 2.24) is 4.98 Å². The number of benzene rings is 2. The second-order valence-corrected chi connectivity index (χ2v) is 4.97. The van der Waals surface area contributed by atoms with Crippen LogP contribution in [0.15, 0.2) is 48.5 Å². The van der Waals surface area contributed by atoms with Crippen molar-refractivity contribution < 1.29 is 14.3 Å². The number of aromatic nitrogens is 1. The molecule has 3 aromatic rings. The number of carboxylic acids is 1. The van der Waals surface area contributed by atoms with Gasteiger partial charge in [0.05, 0.1) is 16.8 Å². The maximum absolute atomic E-state index is 13.3. The molecule has 5 heteroatoms. The molecule has 0 aliphatic heterocycles. The number of fused-ring (bicyclic) bond motifs is 1. The van der Waals surface area contributed by atoms with Crippen LogP contribution in [0, 0.1) is 5.82 Å². The minimum atomic E-state index is -1.08. The highest BCUT2D eigenvalue weighted by atomic mass is 35.5. The van der Waals surface area contributed by atoms with Crippen LogP contribution in [0.2, 0.25) is 5.02 Å². The van der Waals surface area contributed by atoms with E-state index in [1.165, 1.54) is 18.2 Å². The van der Waals surface area contributed by atoms with Crippen molar-refractivity contribution in [2.75, 3.05) is 0 Å². The molecule has 1 N–H and O–H groups in total. The number of aromatic carboxylic acids is 1. The zero-order valence-corrected chi connectivity index (χ0v) is 11.4. The topological polar surface area (TPSA) is 50.2 Å². The van der Waals surface area contributed by atoms with Crippen LogP contribution in [0.1, 0.15) is 10.4 Å². The second kappa shape index (κ2) is 5.14. The summed E-state index contributed by atoms with van der Waals surface area (Å²) in [5.74, 6) is -1.48.